The first-order valence-corrected chi connectivity index (χ1v) is 21.5. The lowest BCUT2D eigenvalue weighted by Crippen LogP contribution is -2.30. The van der Waals surface area contributed by atoms with Crippen LogP contribution < -0.4 is 0 Å². The van der Waals surface area contributed by atoms with Gasteiger partial charge in [0, 0.05) is 19.4 Å². The van der Waals surface area contributed by atoms with Gasteiger partial charge < -0.3 is 14.2 Å². The molecule has 0 radical (unpaired) electrons. The Morgan fingerprint density at radius 3 is 1.44 bits per heavy atom. The molecule has 0 aliphatic rings. The minimum atomic E-state index is -0.533. The molecular weight excluding hydrogens is 620 g/mol. The third-order valence-corrected chi connectivity index (χ3v) is 9.19. The lowest BCUT2D eigenvalue weighted by atomic mass is 10.1. The standard InChI is InChI=1S/C45H82O5/c1-4-7-10-13-16-19-20-21-22-23-24-25-28-31-34-37-40-48-41-43(50-45(47)39-36-33-30-27-18-15-12-9-6-3)42-49-44(46)38-35-32-29-26-17-14-11-8-5-2/h7,10,16,19,21-22,43H,4-6,8-9,11-15,17-18,20,23-42H2,1-3H3/b10-7-,19-16-,22-21-. The van der Waals surface area contributed by atoms with Crippen LogP contribution in [0.15, 0.2) is 36.5 Å². The van der Waals surface area contributed by atoms with Crippen molar-refractivity contribution in [3.8, 4) is 0 Å². The highest BCUT2D eigenvalue weighted by Gasteiger charge is 2.17. The summed E-state index contributed by atoms with van der Waals surface area (Å²) in [5.74, 6) is -0.404. The topological polar surface area (TPSA) is 61.8 Å². The van der Waals surface area contributed by atoms with Crippen LogP contribution in [0.5, 0.6) is 0 Å². The molecule has 50 heavy (non-hydrogen) atoms. The van der Waals surface area contributed by atoms with E-state index >= 15 is 0 Å². The van der Waals surface area contributed by atoms with Crippen molar-refractivity contribution in [2.45, 2.75) is 219 Å². The minimum absolute atomic E-state index is 0.0841. The van der Waals surface area contributed by atoms with Gasteiger partial charge in [-0.05, 0) is 51.4 Å². The molecule has 292 valence electrons. The van der Waals surface area contributed by atoms with Crippen LogP contribution in [0.1, 0.15) is 213 Å². The highest BCUT2D eigenvalue weighted by Crippen LogP contribution is 2.14. The summed E-state index contributed by atoms with van der Waals surface area (Å²) in [7, 11) is 0. The third-order valence-electron chi connectivity index (χ3n) is 9.19. The first kappa shape index (κ1) is 48.1. The Labute approximate surface area is 310 Å². The van der Waals surface area contributed by atoms with Gasteiger partial charge in [0.05, 0.1) is 6.61 Å². The maximum Gasteiger partial charge on any atom is 0.306 e. The lowest BCUT2D eigenvalue weighted by molar-refractivity contribution is -0.163. The second-order valence-electron chi connectivity index (χ2n) is 14.2. The number of hydrogen-bond donors (Lipinski definition) is 0. The molecular formula is C45H82O5. The summed E-state index contributed by atoms with van der Waals surface area (Å²) in [5, 5.41) is 0. The van der Waals surface area contributed by atoms with E-state index in [0.29, 0.717) is 19.4 Å². The zero-order valence-electron chi connectivity index (χ0n) is 33.4. The van der Waals surface area contributed by atoms with Gasteiger partial charge in [0.2, 0.25) is 0 Å². The van der Waals surface area contributed by atoms with E-state index in [0.717, 1.165) is 64.2 Å². The molecule has 0 rings (SSSR count). The Balaban J connectivity index is 4.20. The second-order valence-corrected chi connectivity index (χ2v) is 14.2. The van der Waals surface area contributed by atoms with E-state index in [-0.39, 0.29) is 25.2 Å². The van der Waals surface area contributed by atoms with E-state index in [1.807, 2.05) is 0 Å². The molecule has 1 atom stereocenters. The van der Waals surface area contributed by atoms with Crippen LogP contribution in [0.3, 0.4) is 0 Å². The predicted octanol–water partition coefficient (Wildman–Crippen LogP) is 13.9. The van der Waals surface area contributed by atoms with Crippen LogP contribution in [0, 0.1) is 0 Å². The predicted molar refractivity (Wildman–Crippen MR) is 215 cm³/mol. The molecule has 0 bridgehead atoms. The van der Waals surface area contributed by atoms with Crippen LogP contribution in [0.4, 0.5) is 0 Å². The van der Waals surface area contributed by atoms with Crippen LogP contribution in [0.25, 0.3) is 0 Å². The molecule has 5 nitrogen and oxygen atoms in total. The zero-order chi connectivity index (χ0) is 36.4. The first-order chi connectivity index (χ1) is 24.6. The minimum Gasteiger partial charge on any atom is -0.462 e. The van der Waals surface area contributed by atoms with Crippen LogP contribution in [-0.2, 0) is 23.8 Å². The number of unbranched alkanes of at least 4 members (excludes halogenated alkanes) is 22. The Morgan fingerprint density at radius 2 is 0.900 bits per heavy atom. The fraction of sp³-hybridized carbons (Fsp3) is 0.822. The van der Waals surface area contributed by atoms with E-state index in [2.05, 4.69) is 57.2 Å². The van der Waals surface area contributed by atoms with Gasteiger partial charge in [-0.2, -0.15) is 0 Å². The van der Waals surface area contributed by atoms with Crippen molar-refractivity contribution in [2.75, 3.05) is 19.8 Å². The monoisotopic (exact) mass is 703 g/mol. The number of esters is 2. The molecule has 1 unspecified atom stereocenters. The van der Waals surface area contributed by atoms with E-state index < -0.39 is 6.10 Å². The third kappa shape index (κ3) is 38.9. The number of hydrogen-bond acceptors (Lipinski definition) is 5. The van der Waals surface area contributed by atoms with Gasteiger partial charge in [-0.3, -0.25) is 9.59 Å². The van der Waals surface area contributed by atoms with E-state index in [1.165, 1.54) is 116 Å². The molecule has 0 saturated carbocycles. The van der Waals surface area contributed by atoms with Crippen molar-refractivity contribution in [1.82, 2.24) is 0 Å². The molecule has 0 N–H and O–H groups in total. The van der Waals surface area contributed by atoms with Crippen LogP contribution >= 0.6 is 0 Å². The molecule has 0 aliphatic heterocycles. The Morgan fingerprint density at radius 1 is 0.460 bits per heavy atom. The highest BCUT2D eigenvalue weighted by molar-refractivity contribution is 5.70. The van der Waals surface area contributed by atoms with Crippen LogP contribution in [0.2, 0.25) is 0 Å². The summed E-state index contributed by atoms with van der Waals surface area (Å²) < 4.78 is 17.2. The maximum atomic E-state index is 12.6. The summed E-state index contributed by atoms with van der Waals surface area (Å²) in [6, 6.07) is 0. The SMILES string of the molecule is CC/C=C\C/C=C\C/C=C\CCCCCCCCOCC(COC(=O)CCCCCCCCCCC)OC(=O)CCCCCCCCCCC. The average molecular weight is 703 g/mol. The Bertz CT molecular complexity index is 801. The molecule has 0 aromatic heterocycles. The fourth-order valence-corrected chi connectivity index (χ4v) is 5.99. The molecule has 0 aliphatic carbocycles. The second kappa shape index (κ2) is 41.5. The van der Waals surface area contributed by atoms with Gasteiger partial charge in [-0.1, -0.05) is 186 Å². The van der Waals surface area contributed by atoms with Gasteiger partial charge >= 0.3 is 11.9 Å². The molecule has 0 spiro atoms. The summed E-state index contributed by atoms with van der Waals surface area (Å²) in [4.78, 5) is 25.1. The normalized spacial score (nSPS) is 12.5. The maximum absolute atomic E-state index is 12.6. The smallest absolute Gasteiger partial charge is 0.306 e. The Hall–Kier alpha value is -1.88. The zero-order valence-corrected chi connectivity index (χ0v) is 33.4. The van der Waals surface area contributed by atoms with Crippen molar-refractivity contribution >= 4 is 11.9 Å². The van der Waals surface area contributed by atoms with E-state index in [4.69, 9.17) is 14.2 Å². The molecule has 0 amide bonds. The molecule has 0 heterocycles. The van der Waals surface area contributed by atoms with Gasteiger partial charge in [0.15, 0.2) is 6.10 Å². The number of ether oxygens (including phenoxy) is 3. The summed E-state index contributed by atoms with van der Waals surface area (Å²) >= 11 is 0. The summed E-state index contributed by atoms with van der Waals surface area (Å²) in [6.45, 7) is 7.67. The van der Waals surface area contributed by atoms with Crippen molar-refractivity contribution < 1.29 is 23.8 Å². The van der Waals surface area contributed by atoms with Crippen molar-refractivity contribution in [1.29, 1.82) is 0 Å². The fourth-order valence-electron chi connectivity index (χ4n) is 5.99. The van der Waals surface area contributed by atoms with Gasteiger partial charge in [0.25, 0.3) is 0 Å². The highest BCUT2D eigenvalue weighted by atomic mass is 16.6. The number of carbonyl (C=O) groups is 2. The largest absolute Gasteiger partial charge is 0.462 e. The number of allylic oxidation sites excluding steroid dienone is 6. The number of carbonyl (C=O) groups excluding carboxylic acids is 2. The van der Waals surface area contributed by atoms with Gasteiger partial charge in [-0.15, -0.1) is 0 Å². The van der Waals surface area contributed by atoms with Crippen molar-refractivity contribution in [3.63, 3.8) is 0 Å². The van der Waals surface area contributed by atoms with Crippen LogP contribution in [-0.4, -0.2) is 37.9 Å². The molecule has 5 heteroatoms. The molecule has 0 aromatic carbocycles. The van der Waals surface area contributed by atoms with Crippen molar-refractivity contribution in [3.05, 3.63) is 36.5 Å². The summed E-state index contributed by atoms with van der Waals surface area (Å²) in [6.07, 6.45) is 47.1. The molecule has 0 aromatic rings. The van der Waals surface area contributed by atoms with Gasteiger partial charge in [0.1, 0.15) is 6.61 Å². The van der Waals surface area contributed by atoms with Crippen molar-refractivity contribution in [2.24, 2.45) is 0 Å². The first-order valence-electron chi connectivity index (χ1n) is 21.5. The summed E-state index contributed by atoms with van der Waals surface area (Å²) in [5.41, 5.74) is 0. The Kier molecular flexibility index (Phi) is 40.0. The number of rotatable bonds is 39. The van der Waals surface area contributed by atoms with E-state index in [1.54, 1.807) is 0 Å². The quantitative estimate of drug-likeness (QED) is 0.0362. The molecule has 0 fully saturated rings. The van der Waals surface area contributed by atoms with Gasteiger partial charge in [-0.25, -0.2) is 0 Å². The average Bonchev–Trinajstić information content (AvgIpc) is 3.11. The van der Waals surface area contributed by atoms with E-state index in [9.17, 15) is 9.59 Å². The molecule has 0 saturated heterocycles. The lowest BCUT2D eigenvalue weighted by Gasteiger charge is -2.18.